The van der Waals surface area contributed by atoms with Crippen molar-refractivity contribution in [1.82, 2.24) is 10.6 Å². The molecule has 224 valence electrons. The first-order chi connectivity index (χ1) is 19.9. The molecule has 3 aromatic rings. The Labute approximate surface area is 242 Å². The highest BCUT2D eigenvalue weighted by molar-refractivity contribution is 5.98. The average Bonchev–Trinajstić information content (AvgIpc) is 2.93. The van der Waals surface area contributed by atoms with E-state index < -0.39 is 41.6 Å². The summed E-state index contributed by atoms with van der Waals surface area (Å²) >= 11 is 0. The molecule has 0 fully saturated rings. The van der Waals surface area contributed by atoms with Gasteiger partial charge in [-0.05, 0) is 61.1 Å². The topological polar surface area (TPSA) is 208 Å². The van der Waals surface area contributed by atoms with Gasteiger partial charge in [0.25, 0.3) is 0 Å². The van der Waals surface area contributed by atoms with Gasteiger partial charge >= 0.3 is 17.7 Å². The fourth-order valence-electron chi connectivity index (χ4n) is 3.98. The summed E-state index contributed by atoms with van der Waals surface area (Å²) in [6.45, 7) is 5.60. The van der Waals surface area contributed by atoms with Crippen LogP contribution in [0.1, 0.15) is 37.8 Å². The van der Waals surface area contributed by atoms with Crippen LogP contribution in [0.2, 0.25) is 0 Å². The van der Waals surface area contributed by atoms with Gasteiger partial charge in [-0.15, -0.1) is 0 Å². The molecule has 1 heterocycles. The lowest BCUT2D eigenvalue weighted by atomic mass is 10.0. The Morgan fingerprint density at radius 2 is 1.64 bits per heavy atom. The number of hydrogen-bond acceptors (Lipinski definition) is 8. The normalized spacial score (nSPS) is 12.3. The Bertz CT molecular complexity index is 1490. The summed E-state index contributed by atoms with van der Waals surface area (Å²) in [7, 11) is 0. The summed E-state index contributed by atoms with van der Waals surface area (Å²) in [6, 6.07) is 10.6. The molecule has 13 heteroatoms. The molecule has 0 spiro atoms. The molecule has 0 aliphatic heterocycles. The summed E-state index contributed by atoms with van der Waals surface area (Å²) < 4.78 is 10.5. The van der Waals surface area contributed by atoms with Crippen molar-refractivity contribution in [2.24, 2.45) is 17.4 Å². The minimum absolute atomic E-state index is 0.0412. The molecule has 0 saturated heterocycles. The first kappa shape index (κ1) is 31.6. The standard InChI is InChI=1S/C29H36N6O7/c1-16(2)25(30)27(38)35-22(5-4-12-32-28(31)39)26(37)33-19-8-6-18(7-9-19)15-41-29(40)34-20-10-11-21-17(3)13-24(36)42-23(21)14-20/h6-11,13-14,16,22,25H,4-5,12,15,30H2,1-3H3,(H,33,37)(H,34,40)(H,35,38)(H3,31,32,39). The molecule has 13 nitrogen and oxygen atoms in total. The van der Waals surface area contributed by atoms with Crippen LogP contribution in [-0.4, -0.2) is 42.6 Å². The van der Waals surface area contributed by atoms with Crippen LogP contribution in [0.3, 0.4) is 0 Å². The fraction of sp³-hybridized carbons (Fsp3) is 0.345. The minimum Gasteiger partial charge on any atom is -0.444 e. The third kappa shape index (κ3) is 9.34. The van der Waals surface area contributed by atoms with Crippen LogP contribution < -0.4 is 38.4 Å². The molecule has 0 aliphatic rings. The molecule has 0 aliphatic carbocycles. The van der Waals surface area contributed by atoms with Crippen molar-refractivity contribution in [3.63, 3.8) is 0 Å². The summed E-state index contributed by atoms with van der Waals surface area (Å²) in [5.74, 6) is -1.04. The van der Waals surface area contributed by atoms with Gasteiger partial charge in [0.1, 0.15) is 18.2 Å². The largest absolute Gasteiger partial charge is 0.444 e. The van der Waals surface area contributed by atoms with Crippen LogP contribution in [0.15, 0.2) is 57.7 Å². The van der Waals surface area contributed by atoms with Crippen molar-refractivity contribution in [1.29, 1.82) is 0 Å². The summed E-state index contributed by atoms with van der Waals surface area (Å²) in [5.41, 5.74) is 13.2. The van der Waals surface area contributed by atoms with Gasteiger partial charge in [-0.3, -0.25) is 14.9 Å². The van der Waals surface area contributed by atoms with E-state index in [4.69, 9.17) is 20.6 Å². The monoisotopic (exact) mass is 580 g/mol. The second-order valence-electron chi connectivity index (χ2n) is 10.1. The molecular formula is C29H36N6O7. The van der Waals surface area contributed by atoms with E-state index in [0.717, 1.165) is 10.9 Å². The minimum atomic E-state index is -0.893. The van der Waals surface area contributed by atoms with Gasteiger partial charge in [-0.2, -0.15) is 0 Å². The van der Waals surface area contributed by atoms with Gasteiger partial charge < -0.3 is 36.6 Å². The van der Waals surface area contributed by atoms with Crippen LogP contribution in [0, 0.1) is 12.8 Å². The number of benzene rings is 2. The van der Waals surface area contributed by atoms with E-state index in [2.05, 4.69) is 21.3 Å². The van der Waals surface area contributed by atoms with E-state index in [1.807, 2.05) is 0 Å². The molecule has 5 amide bonds. The third-order valence-electron chi connectivity index (χ3n) is 6.41. The lowest BCUT2D eigenvalue weighted by Crippen LogP contribution is -2.51. The van der Waals surface area contributed by atoms with Crippen molar-refractivity contribution in [2.45, 2.75) is 52.3 Å². The van der Waals surface area contributed by atoms with Crippen molar-refractivity contribution < 1.29 is 28.3 Å². The molecule has 2 atom stereocenters. The van der Waals surface area contributed by atoms with Gasteiger partial charge in [0.15, 0.2) is 0 Å². The highest BCUT2D eigenvalue weighted by atomic mass is 16.5. The molecule has 0 bridgehead atoms. The number of aryl methyl sites for hydroxylation is 1. The van der Waals surface area contributed by atoms with Crippen LogP contribution in [0.5, 0.6) is 0 Å². The summed E-state index contributed by atoms with van der Waals surface area (Å²) in [4.78, 5) is 60.3. The number of carbonyl (C=O) groups is 4. The van der Waals surface area contributed by atoms with E-state index in [9.17, 15) is 24.0 Å². The lowest BCUT2D eigenvalue weighted by Gasteiger charge is -2.22. The molecule has 2 unspecified atom stereocenters. The van der Waals surface area contributed by atoms with E-state index in [1.54, 1.807) is 63.2 Å². The number of hydrogen-bond donors (Lipinski definition) is 6. The number of carbonyl (C=O) groups excluding carboxylic acids is 4. The zero-order valence-corrected chi connectivity index (χ0v) is 23.7. The van der Waals surface area contributed by atoms with Crippen molar-refractivity contribution in [3.8, 4) is 0 Å². The number of ether oxygens (including phenoxy) is 1. The number of primary amides is 1. The van der Waals surface area contributed by atoms with E-state index in [0.29, 0.717) is 28.9 Å². The van der Waals surface area contributed by atoms with Gasteiger partial charge in [0, 0.05) is 35.4 Å². The molecule has 0 radical (unpaired) electrons. The molecule has 0 saturated carbocycles. The number of urea groups is 1. The Morgan fingerprint density at radius 3 is 2.31 bits per heavy atom. The van der Waals surface area contributed by atoms with E-state index in [-0.39, 0.29) is 25.5 Å². The second-order valence-corrected chi connectivity index (χ2v) is 10.1. The van der Waals surface area contributed by atoms with Gasteiger partial charge in [-0.25, -0.2) is 14.4 Å². The van der Waals surface area contributed by atoms with E-state index in [1.165, 1.54) is 6.07 Å². The molecule has 1 aromatic heterocycles. The Hall–Kier alpha value is -4.91. The predicted molar refractivity (Wildman–Crippen MR) is 158 cm³/mol. The maximum atomic E-state index is 13.0. The number of nitrogens with two attached hydrogens (primary N) is 2. The summed E-state index contributed by atoms with van der Waals surface area (Å²) in [5, 5.41) is 11.2. The Balaban J connectivity index is 1.55. The summed E-state index contributed by atoms with van der Waals surface area (Å²) in [6.07, 6.45) is -0.0676. The highest BCUT2D eigenvalue weighted by Crippen LogP contribution is 2.21. The number of rotatable bonds is 12. The number of amides is 5. The molecule has 42 heavy (non-hydrogen) atoms. The molecule has 2 aromatic carbocycles. The van der Waals surface area contributed by atoms with Crippen molar-refractivity contribution in [2.75, 3.05) is 17.2 Å². The first-order valence-electron chi connectivity index (χ1n) is 13.4. The van der Waals surface area contributed by atoms with Crippen molar-refractivity contribution >= 4 is 46.3 Å². The van der Waals surface area contributed by atoms with Crippen LogP contribution >= 0.6 is 0 Å². The molecule has 3 rings (SSSR count). The van der Waals surface area contributed by atoms with Crippen molar-refractivity contribution in [3.05, 3.63) is 70.1 Å². The Morgan fingerprint density at radius 1 is 0.952 bits per heavy atom. The van der Waals surface area contributed by atoms with Crippen LogP contribution in [0.4, 0.5) is 21.0 Å². The predicted octanol–water partition coefficient (Wildman–Crippen LogP) is 2.71. The quantitative estimate of drug-likeness (QED) is 0.138. The van der Waals surface area contributed by atoms with Crippen LogP contribution in [-0.2, 0) is 20.9 Å². The maximum Gasteiger partial charge on any atom is 0.411 e. The first-order valence-corrected chi connectivity index (χ1v) is 13.4. The number of fused-ring (bicyclic) bond motifs is 1. The van der Waals surface area contributed by atoms with Crippen LogP contribution in [0.25, 0.3) is 11.0 Å². The SMILES string of the molecule is Cc1cc(=O)oc2cc(NC(=O)OCc3ccc(NC(=O)C(CCCNC(N)=O)NC(=O)C(N)C(C)C)cc3)ccc12. The smallest absolute Gasteiger partial charge is 0.411 e. The average molecular weight is 581 g/mol. The molecule has 8 N–H and O–H groups in total. The lowest BCUT2D eigenvalue weighted by molar-refractivity contribution is -0.128. The van der Waals surface area contributed by atoms with Gasteiger partial charge in [-0.1, -0.05) is 26.0 Å². The fourth-order valence-corrected chi connectivity index (χ4v) is 3.98. The number of anilines is 2. The third-order valence-corrected chi connectivity index (χ3v) is 6.41. The number of nitrogens with one attached hydrogen (secondary N) is 4. The van der Waals surface area contributed by atoms with E-state index >= 15 is 0 Å². The van der Waals surface area contributed by atoms with Gasteiger partial charge in [0.2, 0.25) is 11.8 Å². The second kappa shape index (κ2) is 14.6. The Kier molecular flexibility index (Phi) is 11.0. The maximum absolute atomic E-state index is 13.0. The van der Waals surface area contributed by atoms with Gasteiger partial charge in [0.05, 0.1) is 6.04 Å². The zero-order valence-electron chi connectivity index (χ0n) is 23.7. The zero-order chi connectivity index (χ0) is 30.8. The highest BCUT2D eigenvalue weighted by Gasteiger charge is 2.25. The molecular weight excluding hydrogens is 544 g/mol.